The number of fused-ring (bicyclic) bond motifs is 6. The molecule has 0 bridgehead atoms. The van der Waals surface area contributed by atoms with E-state index in [9.17, 15) is 18.4 Å². The third kappa shape index (κ3) is 6.02. The molecule has 60 heavy (non-hydrogen) atoms. The predicted molar refractivity (Wildman–Crippen MR) is 227 cm³/mol. The first-order chi connectivity index (χ1) is 28.9. The molecule has 0 fully saturated rings. The van der Waals surface area contributed by atoms with Gasteiger partial charge in [0.2, 0.25) is 0 Å². The minimum atomic E-state index is -4.62. The fourth-order valence-electron chi connectivity index (χ4n) is 8.40. The van der Waals surface area contributed by atoms with Crippen LogP contribution in [0.3, 0.4) is 0 Å². The fourth-order valence-corrected chi connectivity index (χ4v) is 8.40. The summed E-state index contributed by atoms with van der Waals surface area (Å²) in [6.45, 7) is 7.25. The minimum absolute atomic E-state index is 0.312. The summed E-state index contributed by atoms with van der Waals surface area (Å²) in [5, 5.41) is 14.4. The number of nitriles is 1. The van der Waals surface area contributed by atoms with Gasteiger partial charge in [-0.3, -0.25) is 0 Å². The summed E-state index contributed by atoms with van der Waals surface area (Å²) in [6, 6.07) is 38.9. The van der Waals surface area contributed by atoms with E-state index in [0.29, 0.717) is 63.0 Å². The van der Waals surface area contributed by atoms with Gasteiger partial charge in [-0.2, -0.15) is 18.4 Å². The molecular weight excluding hydrogens is 760 g/mol. The molecule has 290 valence electrons. The topological polar surface area (TPSA) is 111 Å². The van der Waals surface area contributed by atoms with E-state index in [-0.39, 0.29) is 0 Å². The van der Waals surface area contributed by atoms with Crippen molar-refractivity contribution in [2.45, 2.75) is 33.9 Å². The highest BCUT2D eigenvalue weighted by Gasteiger charge is 2.32. The molecule has 6 aromatic carbocycles. The summed E-state index contributed by atoms with van der Waals surface area (Å²) in [7, 11) is 0. The Balaban J connectivity index is 1.37. The number of aryl methyl sites for hydroxylation is 4. The molecule has 4 heterocycles. The van der Waals surface area contributed by atoms with Gasteiger partial charge in [0, 0.05) is 38.2 Å². The van der Waals surface area contributed by atoms with E-state index >= 15 is 0 Å². The number of halogens is 3. The van der Waals surface area contributed by atoms with Crippen molar-refractivity contribution in [3.63, 3.8) is 0 Å². The van der Waals surface area contributed by atoms with Gasteiger partial charge < -0.3 is 9.13 Å². The maximum atomic E-state index is 14.6. The number of alkyl halides is 3. The molecule has 12 heteroatoms. The van der Waals surface area contributed by atoms with Crippen molar-refractivity contribution < 1.29 is 13.2 Å². The summed E-state index contributed by atoms with van der Waals surface area (Å²) in [5.74, 6) is 3.29. The molecular formula is C48H32F3N9. The summed E-state index contributed by atoms with van der Waals surface area (Å²) < 4.78 is 47.9. The molecule has 0 aliphatic rings. The van der Waals surface area contributed by atoms with Crippen LogP contribution in [0.2, 0.25) is 0 Å². The average Bonchev–Trinajstić information content (AvgIpc) is 3.74. The standard InChI is InChI=1S/C48H32F3N9/c1-26-53-27(2)56-46(55-26)32-16-18-37-35-12-5-7-14-39(35)59(41(37)23-32)43-20-30(25-52)21-44(45(43)31-10-9-11-34(22-31)48(49,50)51)60-40-15-8-6-13-36(40)38-19-17-33(24-42(38)60)47-57-28(3)54-29(4)58-47/h5-24H,1-4H3. The monoisotopic (exact) mass is 791 g/mol. The van der Waals surface area contributed by atoms with Gasteiger partial charge in [-0.25, -0.2) is 29.9 Å². The van der Waals surface area contributed by atoms with Crippen LogP contribution in [0.1, 0.15) is 34.4 Å². The second-order valence-corrected chi connectivity index (χ2v) is 14.8. The van der Waals surface area contributed by atoms with Crippen LogP contribution >= 0.6 is 0 Å². The molecule has 0 atom stereocenters. The Bertz CT molecular complexity index is 3220. The number of rotatable bonds is 5. The van der Waals surface area contributed by atoms with Crippen LogP contribution in [0.4, 0.5) is 13.2 Å². The van der Waals surface area contributed by atoms with E-state index in [1.807, 2.05) is 122 Å². The van der Waals surface area contributed by atoms with E-state index in [1.165, 1.54) is 12.1 Å². The van der Waals surface area contributed by atoms with Crippen molar-refractivity contribution in [1.82, 2.24) is 39.0 Å². The quantitative estimate of drug-likeness (QED) is 0.171. The zero-order valence-electron chi connectivity index (χ0n) is 32.7. The average molecular weight is 792 g/mol. The van der Waals surface area contributed by atoms with Gasteiger partial charge in [0.1, 0.15) is 23.3 Å². The maximum absolute atomic E-state index is 14.6. The zero-order chi connectivity index (χ0) is 41.4. The molecule has 0 radical (unpaired) electrons. The highest BCUT2D eigenvalue weighted by atomic mass is 19.4. The first-order valence-corrected chi connectivity index (χ1v) is 19.2. The lowest BCUT2D eigenvalue weighted by Crippen LogP contribution is -2.07. The third-order valence-electron chi connectivity index (χ3n) is 10.8. The molecule has 10 aromatic rings. The Labute approximate surface area is 341 Å². The lowest BCUT2D eigenvalue weighted by atomic mass is 9.96. The Morgan fingerprint density at radius 2 is 0.917 bits per heavy atom. The van der Waals surface area contributed by atoms with Crippen LogP contribution in [-0.2, 0) is 6.18 Å². The molecule has 0 spiro atoms. The molecule has 0 aliphatic carbocycles. The molecule has 0 saturated carbocycles. The highest BCUT2D eigenvalue weighted by molar-refractivity contribution is 6.13. The van der Waals surface area contributed by atoms with Crippen molar-refractivity contribution in [3.05, 3.63) is 156 Å². The Kier molecular flexibility index (Phi) is 8.33. The van der Waals surface area contributed by atoms with E-state index in [4.69, 9.17) is 0 Å². The first-order valence-electron chi connectivity index (χ1n) is 19.2. The van der Waals surface area contributed by atoms with E-state index in [2.05, 4.69) is 36.0 Å². The number of hydrogen-bond acceptors (Lipinski definition) is 7. The van der Waals surface area contributed by atoms with Crippen molar-refractivity contribution in [1.29, 1.82) is 5.26 Å². The van der Waals surface area contributed by atoms with Crippen molar-refractivity contribution >= 4 is 43.6 Å². The number of aromatic nitrogens is 8. The van der Waals surface area contributed by atoms with Crippen molar-refractivity contribution in [3.8, 4) is 51.3 Å². The van der Waals surface area contributed by atoms with Gasteiger partial charge in [-0.1, -0.05) is 72.8 Å². The summed E-state index contributed by atoms with van der Waals surface area (Å²) >= 11 is 0. The van der Waals surface area contributed by atoms with Gasteiger partial charge in [0.25, 0.3) is 0 Å². The fraction of sp³-hybridized carbons (Fsp3) is 0.104. The van der Waals surface area contributed by atoms with Crippen molar-refractivity contribution in [2.75, 3.05) is 0 Å². The largest absolute Gasteiger partial charge is 0.416 e. The Morgan fingerprint density at radius 3 is 1.37 bits per heavy atom. The molecule has 0 amide bonds. The Morgan fingerprint density at radius 1 is 0.467 bits per heavy atom. The summed E-state index contributed by atoms with van der Waals surface area (Å²) in [4.78, 5) is 27.3. The first kappa shape index (κ1) is 36.6. The van der Waals surface area contributed by atoms with Crippen LogP contribution < -0.4 is 0 Å². The Hall–Kier alpha value is -7.78. The van der Waals surface area contributed by atoms with Crippen molar-refractivity contribution in [2.24, 2.45) is 0 Å². The number of benzene rings is 6. The molecule has 0 unspecified atom stereocenters. The third-order valence-corrected chi connectivity index (χ3v) is 10.8. The van der Waals surface area contributed by atoms with Crippen LogP contribution in [0, 0.1) is 39.0 Å². The maximum Gasteiger partial charge on any atom is 0.416 e. The highest BCUT2D eigenvalue weighted by Crippen LogP contribution is 2.44. The normalized spacial score (nSPS) is 11.9. The van der Waals surface area contributed by atoms with Crippen LogP contribution in [0.15, 0.2) is 121 Å². The van der Waals surface area contributed by atoms with E-state index in [0.717, 1.165) is 60.8 Å². The second-order valence-electron chi connectivity index (χ2n) is 14.8. The van der Waals surface area contributed by atoms with Gasteiger partial charge in [0.15, 0.2) is 11.6 Å². The van der Waals surface area contributed by atoms with Crippen LogP contribution in [0.25, 0.3) is 88.9 Å². The van der Waals surface area contributed by atoms with E-state index < -0.39 is 11.7 Å². The summed E-state index contributed by atoms with van der Waals surface area (Å²) in [5.41, 5.74) is 5.92. The van der Waals surface area contributed by atoms with Gasteiger partial charge in [0.05, 0.1) is 50.6 Å². The zero-order valence-corrected chi connectivity index (χ0v) is 32.7. The lowest BCUT2D eigenvalue weighted by Gasteiger charge is -2.21. The smallest absolute Gasteiger partial charge is 0.308 e. The predicted octanol–water partition coefficient (Wildman–Crippen LogP) is 11.4. The second kappa shape index (κ2) is 13.7. The molecule has 0 N–H and O–H groups in total. The van der Waals surface area contributed by atoms with Crippen LogP contribution in [0.5, 0.6) is 0 Å². The summed E-state index contributed by atoms with van der Waals surface area (Å²) in [6.07, 6.45) is -4.62. The molecule has 0 aliphatic heterocycles. The SMILES string of the molecule is Cc1nc(C)nc(-c2ccc3c4ccccc4n(-c4cc(C#N)cc(-n5c6ccccc6c6ccc(-c7nc(C)nc(C)n7)cc65)c4-c4cccc(C(F)(F)F)c4)c3c2)n1. The van der Waals surface area contributed by atoms with Gasteiger partial charge >= 0.3 is 6.18 Å². The number of hydrogen-bond donors (Lipinski definition) is 0. The van der Waals surface area contributed by atoms with Gasteiger partial charge in [-0.15, -0.1) is 0 Å². The minimum Gasteiger partial charge on any atom is -0.308 e. The van der Waals surface area contributed by atoms with E-state index in [1.54, 1.807) is 18.2 Å². The lowest BCUT2D eigenvalue weighted by molar-refractivity contribution is -0.137. The molecule has 0 saturated heterocycles. The number of para-hydroxylation sites is 2. The number of nitrogens with zero attached hydrogens (tertiary/aromatic N) is 9. The molecule has 9 nitrogen and oxygen atoms in total. The molecule has 10 rings (SSSR count). The molecule has 4 aromatic heterocycles. The van der Waals surface area contributed by atoms with Gasteiger partial charge in [-0.05, 0) is 81.8 Å². The van der Waals surface area contributed by atoms with Crippen LogP contribution in [-0.4, -0.2) is 39.0 Å².